The second-order valence-electron chi connectivity index (χ2n) is 7.77. The van der Waals surface area contributed by atoms with Gasteiger partial charge in [0.25, 0.3) is 5.91 Å². The highest BCUT2D eigenvalue weighted by molar-refractivity contribution is 8.00. The zero-order valence-electron chi connectivity index (χ0n) is 18.4. The van der Waals surface area contributed by atoms with E-state index in [2.05, 4.69) is 5.32 Å². The van der Waals surface area contributed by atoms with E-state index in [9.17, 15) is 14.4 Å². The molecule has 1 aliphatic rings. The van der Waals surface area contributed by atoms with Gasteiger partial charge >= 0.3 is 5.97 Å². The van der Waals surface area contributed by atoms with Crippen molar-refractivity contribution in [2.45, 2.75) is 18.8 Å². The maximum absolute atomic E-state index is 12.8. The fourth-order valence-corrected chi connectivity index (χ4v) is 4.86. The number of benzene rings is 3. The van der Waals surface area contributed by atoms with Crippen molar-refractivity contribution in [3.05, 3.63) is 101 Å². The lowest BCUT2D eigenvalue weighted by Crippen LogP contribution is -2.27. The number of nitrogens with zero attached hydrogens (tertiary/aromatic N) is 1. The molecule has 0 aromatic heterocycles. The van der Waals surface area contributed by atoms with Crippen molar-refractivity contribution in [3.8, 4) is 0 Å². The molecular formula is C26H24N2O4S. The van der Waals surface area contributed by atoms with Gasteiger partial charge in [-0.3, -0.25) is 9.59 Å². The Bertz CT molecular complexity index is 1180. The molecule has 1 heterocycles. The van der Waals surface area contributed by atoms with E-state index in [0.717, 1.165) is 16.7 Å². The number of hydrogen-bond donors (Lipinski definition) is 1. The van der Waals surface area contributed by atoms with Crippen molar-refractivity contribution in [3.63, 3.8) is 0 Å². The highest BCUT2D eigenvalue weighted by Gasteiger charge is 2.32. The number of thioether (sulfide) groups is 1. The third-order valence-electron chi connectivity index (χ3n) is 5.53. The number of methoxy groups -OCH3 is 1. The Morgan fingerprint density at radius 2 is 1.73 bits per heavy atom. The van der Waals surface area contributed by atoms with Crippen molar-refractivity contribution in [2.24, 2.45) is 0 Å². The predicted molar refractivity (Wildman–Crippen MR) is 129 cm³/mol. The van der Waals surface area contributed by atoms with Crippen LogP contribution < -0.4 is 5.32 Å². The van der Waals surface area contributed by atoms with Crippen LogP contribution in [0.15, 0.2) is 72.8 Å². The van der Waals surface area contributed by atoms with E-state index < -0.39 is 5.97 Å². The van der Waals surface area contributed by atoms with Gasteiger partial charge in [0, 0.05) is 17.8 Å². The Balaban J connectivity index is 1.48. The van der Waals surface area contributed by atoms with Crippen molar-refractivity contribution in [2.75, 3.05) is 18.2 Å². The van der Waals surface area contributed by atoms with Gasteiger partial charge in [-0.05, 0) is 47.9 Å². The summed E-state index contributed by atoms with van der Waals surface area (Å²) in [4.78, 5) is 39.0. The number of amides is 2. The Morgan fingerprint density at radius 1 is 1.03 bits per heavy atom. The molecule has 0 unspecified atom stereocenters. The third kappa shape index (κ3) is 5.09. The van der Waals surface area contributed by atoms with Crippen LogP contribution in [0.25, 0.3) is 0 Å². The highest BCUT2D eigenvalue weighted by atomic mass is 32.2. The fraction of sp³-hybridized carbons (Fsp3) is 0.192. The first-order chi connectivity index (χ1) is 16.0. The second-order valence-corrected chi connectivity index (χ2v) is 8.84. The Labute approximate surface area is 196 Å². The van der Waals surface area contributed by atoms with Crippen LogP contribution in [-0.4, -0.2) is 35.5 Å². The molecule has 3 aromatic rings. The van der Waals surface area contributed by atoms with Crippen LogP contribution in [0.2, 0.25) is 0 Å². The van der Waals surface area contributed by atoms with Gasteiger partial charge in [-0.15, -0.1) is 11.8 Å². The Hall–Kier alpha value is -3.58. The van der Waals surface area contributed by atoms with Gasteiger partial charge in [-0.25, -0.2) is 4.79 Å². The molecule has 6 nitrogen and oxygen atoms in total. The number of nitrogens with one attached hydrogen (secondary N) is 1. The Morgan fingerprint density at radius 3 is 2.42 bits per heavy atom. The SMILES string of the molecule is COC(=O)c1ccc(C)c(NC(=O)c2ccc([C@@H]3SCC(=O)N3Cc3ccccc3)cc2)c1. The molecule has 0 aliphatic carbocycles. The Kier molecular flexibility index (Phi) is 6.79. The lowest BCUT2D eigenvalue weighted by Gasteiger charge is -2.24. The summed E-state index contributed by atoms with van der Waals surface area (Å²) in [6.45, 7) is 2.41. The number of esters is 1. The van der Waals surface area contributed by atoms with Crippen LogP contribution in [0.3, 0.4) is 0 Å². The largest absolute Gasteiger partial charge is 0.465 e. The van der Waals surface area contributed by atoms with Crippen LogP contribution in [0.4, 0.5) is 5.69 Å². The topological polar surface area (TPSA) is 75.7 Å². The van der Waals surface area contributed by atoms with Crippen LogP contribution in [0, 0.1) is 6.92 Å². The average Bonchev–Trinajstić information content (AvgIpc) is 3.20. The summed E-state index contributed by atoms with van der Waals surface area (Å²) in [5.41, 5.74) is 4.31. The van der Waals surface area contributed by atoms with Crippen LogP contribution in [0.5, 0.6) is 0 Å². The lowest BCUT2D eigenvalue weighted by molar-refractivity contribution is -0.128. The number of hydrogen-bond acceptors (Lipinski definition) is 5. The first kappa shape index (κ1) is 22.6. The van der Waals surface area contributed by atoms with Gasteiger partial charge in [-0.2, -0.15) is 0 Å². The monoisotopic (exact) mass is 460 g/mol. The first-order valence-electron chi connectivity index (χ1n) is 10.5. The number of ether oxygens (including phenoxy) is 1. The van der Waals surface area contributed by atoms with Crippen molar-refractivity contribution < 1.29 is 19.1 Å². The van der Waals surface area contributed by atoms with E-state index in [-0.39, 0.29) is 17.2 Å². The summed E-state index contributed by atoms with van der Waals surface area (Å²) < 4.78 is 4.75. The van der Waals surface area contributed by atoms with E-state index in [1.54, 1.807) is 42.1 Å². The standard InChI is InChI=1S/C26H24N2O4S/c1-17-8-9-21(26(31)32-2)14-22(17)27-24(30)19-10-12-20(13-11-19)25-28(23(29)16-33-25)15-18-6-4-3-5-7-18/h3-14,25H,15-16H2,1-2H3,(H,27,30)/t25-/m0/s1. The zero-order valence-corrected chi connectivity index (χ0v) is 19.2. The summed E-state index contributed by atoms with van der Waals surface area (Å²) in [6.07, 6.45) is 0. The molecule has 1 aliphatic heterocycles. The highest BCUT2D eigenvalue weighted by Crippen LogP contribution is 2.39. The molecule has 4 rings (SSSR count). The number of carbonyl (C=O) groups excluding carboxylic acids is 3. The lowest BCUT2D eigenvalue weighted by atomic mass is 10.1. The van der Waals surface area contributed by atoms with E-state index in [1.807, 2.05) is 54.3 Å². The van der Waals surface area contributed by atoms with Gasteiger partial charge in [0.05, 0.1) is 18.4 Å². The summed E-state index contributed by atoms with van der Waals surface area (Å²) in [5, 5.41) is 2.78. The van der Waals surface area contributed by atoms with E-state index >= 15 is 0 Å². The number of anilines is 1. The summed E-state index contributed by atoms with van der Waals surface area (Å²) in [7, 11) is 1.32. The molecule has 1 saturated heterocycles. The van der Waals surface area contributed by atoms with Crippen LogP contribution in [0.1, 0.15) is 42.8 Å². The van der Waals surface area contributed by atoms with Crippen LogP contribution in [-0.2, 0) is 16.1 Å². The molecule has 3 aromatic carbocycles. The van der Waals surface area contributed by atoms with Gasteiger partial charge in [0.2, 0.25) is 5.91 Å². The minimum absolute atomic E-state index is 0.0891. The number of carbonyl (C=O) groups is 3. The third-order valence-corrected chi connectivity index (χ3v) is 6.78. The summed E-state index contributed by atoms with van der Waals surface area (Å²) in [6, 6.07) is 22.2. The summed E-state index contributed by atoms with van der Waals surface area (Å²) >= 11 is 1.59. The molecule has 7 heteroatoms. The first-order valence-corrected chi connectivity index (χ1v) is 11.6. The molecule has 0 radical (unpaired) electrons. The van der Waals surface area contributed by atoms with Gasteiger partial charge in [0.1, 0.15) is 5.37 Å². The fourth-order valence-electron chi connectivity index (χ4n) is 3.68. The zero-order chi connectivity index (χ0) is 23.4. The number of aryl methyl sites for hydroxylation is 1. The van der Waals surface area contributed by atoms with Crippen molar-refractivity contribution in [1.82, 2.24) is 4.90 Å². The maximum atomic E-state index is 12.8. The van der Waals surface area contributed by atoms with E-state index in [4.69, 9.17) is 4.74 Å². The van der Waals surface area contributed by atoms with Gasteiger partial charge in [0.15, 0.2) is 0 Å². The normalized spacial score (nSPS) is 15.4. The molecule has 1 N–H and O–H groups in total. The average molecular weight is 461 g/mol. The molecule has 33 heavy (non-hydrogen) atoms. The summed E-state index contributed by atoms with van der Waals surface area (Å²) in [5.74, 6) is -0.187. The van der Waals surface area contributed by atoms with Gasteiger partial charge in [-0.1, -0.05) is 48.5 Å². The van der Waals surface area contributed by atoms with Crippen molar-refractivity contribution in [1.29, 1.82) is 0 Å². The molecular weight excluding hydrogens is 436 g/mol. The molecule has 0 bridgehead atoms. The molecule has 2 amide bonds. The predicted octanol–water partition coefficient (Wildman–Crippen LogP) is 4.81. The molecule has 168 valence electrons. The molecule has 0 saturated carbocycles. The maximum Gasteiger partial charge on any atom is 0.337 e. The van der Waals surface area contributed by atoms with Crippen molar-refractivity contribution >= 4 is 35.2 Å². The quantitative estimate of drug-likeness (QED) is 0.535. The van der Waals surface area contributed by atoms with E-state index in [0.29, 0.717) is 29.1 Å². The number of rotatable bonds is 6. The van der Waals surface area contributed by atoms with Crippen LogP contribution >= 0.6 is 11.8 Å². The minimum Gasteiger partial charge on any atom is -0.465 e. The van der Waals surface area contributed by atoms with Gasteiger partial charge < -0.3 is 15.0 Å². The smallest absolute Gasteiger partial charge is 0.337 e. The second kappa shape index (κ2) is 9.92. The molecule has 1 atom stereocenters. The van der Waals surface area contributed by atoms with E-state index in [1.165, 1.54) is 7.11 Å². The molecule has 0 spiro atoms. The minimum atomic E-state index is -0.460. The molecule has 1 fully saturated rings.